The number of hydrogen-bond donors (Lipinski definition) is 2. The van der Waals surface area contributed by atoms with Gasteiger partial charge < -0.3 is 20.1 Å². The van der Waals surface area contributed by atoms with Gasteiger partial charge in [0.05, 0.1) is 0 Å². The molecule has 0 heterocycles. The molecule has 1 aromatic carbocycles. The SMILES string of the molecule is CCNC(=O)[C@@H](C)NC(=O)COC(=O)COc1ccccc1C. The second-order valence-electron chi connectivity index (χ2n) is 4.90. The summed E-state index contributed by atoms with van der Waals surface area (Å²) in [7, 11) is 0. The number of amides is 2. The van der Waals surface area contributed by atoms with E-state index in [-0.39, 0.29) is 12.5 Å². The Labute approximate surface area is 135 Å². The van der Waals surface area contributed by atoms with Gasteiger partial charge in [0.1, 0.15) is 11.8 Å². The lowest BCUT2D eigenvalue weighted by Gasteiger charge is -2.13. The third-order valence-corrected chi connectivity index (χ3v) is 2.93. The molecule has 0 unspecified atom stereocenters. The lowest BCUT2D eigenvalue weighted by atomic mass is 10.2. The Hall–Kier alpha value is -2.57. The van der Waals surface area contributed by atoms with Gasteiger partial charge in [0.15, 0.2) is 13.2 Å². The van der Waals surface area contributed by atoms with Crippen LogP contribution in [0, 0.1) is 6.92 Å². The highest BCUT2D eigenvalue weighted by Crippen LogP contribution is 2.15. The van der Waals surface area contributed by atoms with E-state index in [1.807, 2.05) is 19.1 Å². The first-order valence-corrected chi connectivity index (χ1v) is 7.35. The zero-order chi connectivity index (χ0) is 17.2. The fourth-order valence-corrected chi connectivity index (χ4v) is 1.72. The minimum Gasteiger partial charge on any atom is -0.482 e. The first-order chi connectivity index (χ1) is 10.9. The highest BCUT2D eigenvalue weighted by atomic mass is 16.6. The van der Waals surface area contributed by atoms with Crippen LogP contribution in [0.5, 0.6) is 5.75 Å². The molecular weight excluding hydrogens is 300 g/mol. The van der Waals surface area contributed by atoms with E-state index in [0.717, 1.165) is 5.56 Å². The second kappa shape index (κ2) is 9.45. The number of para-hydroxylation sites is 1. The molecule has 0 aliphatic rings. The van der Waals surface area contributed by atoms with Crippen molar-refractivity contribution in [1.82, 2.24) is 10.6 Å². The van der Waals surface area contributed by atoms with Gasteiger partial charge in [-0.25, -0.2) is 4.79 Å². The topological polar surface area (TPSA) is 93.7 Å². The van der Waals surface area contributed by atoms with Crippen molar-refractivity contribution in [3.05, 3.63) is 29.8 Å². The molecule has 0 saturated carbocycles. The smallest absolute Gasteiger partial charge is 0.344 e. The number of aryl methyl sites for hydroxylation is 1. The van der Waals surface area contributed by atoms with Gasteiger partial charge in [-0.15, -0.1) is 0 Å². The maximum Gasteiger partial charge on any atom is 0.344 e. The lowest BCUT2D eigenvalue weighted by molar-refractivity contribution is -0.150. The van der Waals surface area contributed by atoms with Gasteiger partial charge in [0.25, 0.3) is 5.91 Å². The van der Waals surface area contributed by atoms with Gasteiger partial charge in [-0.2, -0.15) is 0 Å². The number of likely N-dealkylation sites (N-methyl/N-ethyl adjacent to an activating group) is 1. The summed E-state index contributed by atoms with van der Waals surface area (Å²) in [5, 5.41) is 5.01. The highest BCUT2D eigenvalue weighted by molar-refractivity contribution is 5.88. The minimum absolute atomic E-state index is 0.288. The number of esters is 1. The molecule has 7 heteroatoms. The fraction of sp³-hybridized carbons (Fsp3) is 0.438. The van der Waals surface area contributed by atoms with E-state index >= 15 is 0 Å². The van der Waals surface area contributed by atoms with Gasteiger partial charge in [-0.05, 0) is 32.4 Å². The van der Waals surface area contributed by atoms with E-state index in [1.165, 1.54) is 0 Å². The summed E-state index contributed by atoms with van der Waals surface area (Å²) in [6.07, 6.45) is 0. The summed E-state index contributed by atoms with van der Waals surface area (Å²) in [5.74, 6) is -0.920. The quantitative estimate of drug-likeness (QED) is 0.682. The van der Waals surface area contributed by atoms with Gasteiger partial charge in [-0.1, -0.05) is 18.2 Å². The van der Waals surface area contributed by atoms with E-state index in [4.69, 9.17) is 9.47 Å². The molecule has 0 aromatic heterocycles. The van der Waals surface area contributed by atoms with Crippen LogP contribution in [0.2, 0.25) is 0 Å². The third kappa shape index (κ3) is 6.82. The van der Waals surface area contributed by atoms with Crippen LogP contribution < -0.4 is 15.4 Å². The summed E-state index contributed by atoms with van der Waals surface area (Å²) >= 11 is 0. The minimum atomic E-state index is -0.690. The molecule has 2 N–H and O–H groups in total. The van der Waals surface area contributed by atoms with Gasteiger partial charge in [-0.3, -0.25) is 9.59 Å². The monoisotopic (exact) mass is 322 g/mol. The molecule has 0 aliphatic heterocycles. The van der Waals surface area contributed by atoms with Crippen molar-refractivity contribution in [3.8, 4) is 5.75 Å². The average Bonchev–Trinajstić information content (AvgIpc) is 2.52. The Kier molecular flexibility index (Phi) is 7.59. The van der Waals surface area contributed by atoms with Crippen LogP contribution in [-0.4, -0.2) is 43.6 Å². The molecule has 0 aliphatic carbocycles. The Balaban J connectivity index is 2.29. The molecule has 23 heavy (non-hydrogen) atoms. The fourth-order valence-electron chi connectivity index (χ4n) is 1.72. The molecule has 1 rings (SSSR count). The predicted molar refractivity (Wildman–Crippen MR) is 83.9 cm³/mol. The summed E-state index contributed by atoms with van der Waals surface area (Å²) in [6.45, 7) is 4.92. The molecule has 1 atom stereocenters. The van der Waals surface area contributed by atoms with Crippen LogP contribution in [0.25, 0.3) is 0 Å². The highest BCUT2D eigenvalue weighted by Gasteiger charge is 2.16. The largest absolute Gasteiger partial charge is 0.482 e. The van der Waals surface area contributed by atoms with Crippen LogP contribution >= 0.6 is 0 Å². The number of ether oxygens (including phenoxy) is 2. The van der Waals surface area contributed by atoms with Crippen molar-refractivity contribution in [3.63, 3.8) is 0 Å². The first-order valence-electron chi connectivity index (χ1n) is 7.35. The Morgan fingerprint density at radius 2 is 1.87 bits per heavy atom. The summed E-state index contributed by atoms with van der Waals surface area (Å²) < 4.78 is 10.1. The van der Waals surface area contributed by atoms with Crippen molar-refractivity contribution in [2.24, 2.45) is 0 Å². The zero-order valence-corrected chi connectivity index (χ0v) is 13.5. The lowest BCUT2D eigenvalue weighted by Crippen LogP contribution is -2.46. The molecule has 1 aromatic rings. The molecule has 7 nitrogen and oxygen atoms in total. The van der Waals surface area contributed by atoms with Crippen molar-refractivity contribution in [2.45, 2.75) is 26.8 Å². The molecule has 0 spiro atoms. The zero-order valence-electron chi connectivity index (χ0n) is 13.5. The standard InChI is InChI=1S/C16H22N2O5/c1-4-17-16(21)12(3)18-14(19)9-23-15(20)10-22-13-8-6-5-7-11(13)2/h5-8,12H,4,9-10H2,1-3H3,(H,17,21)(H,18,19)/t12-/m1/s1. The van der Waals surface area contributed by atoms with Gasteiger partial charge in [0, 0.05) is 6.54 Å². The molecule has 126 valence electrons. The van der Waals surface area contributed by atoms with Gasteiger partial charge >= 0.3 is 5.97 Å². The van der Waals surface area contributed by atoms with Crippen molar-refractivity contribution in [1.29, 1.82) is 0 Å². The van der Waals surface area contributed by atoms with Crippen LogP contribution in [0.15, 0.2) is 24.3 Å². The summed E-state index contributed by atoms with van der Waals surface area (Å²) in [4.78, 5) is 34.6. The van der Waals surface area contributed by atoms with E-state index in [9.17, 15) is 14.4 Å². The van der Waals surface area contributed by atoms with E-state index in [0.29, 0.717) is 12.3 Å². The molecule has 2 amide bonds. The molecule has 0 radical (unpaired) electrons. The number of hydrogen-bond acceptors (Lipinski definition) is 5. The first kappa shape index (κ1) is 18.5. The maximum absolute atomic E-state index is 11.6. The number of rotatable bonds is 8. The second-order valence-corrected chi connectivity index (χ2v) is 4.90. The Bertz CT molecular complexity index is 559. The van der Waals surface area contributed by atoms with E-state index < -0.39 is 24.5 Å². The van der Waals surface area contributed by atoms with Crippen molar-refractivity contribution in [2.75, 3.05) is 19.8 Å². The van der Waals surface area contributed by atoms with E-state index in [1.54, 1.807) is 26.0 Å². The van der Waals surface area contributed by atoms with Crippen molar-refractivity contribution >= 4 is 17.8 Å². The molecular formula is C16H22N2O5. The number of carbonyl (C=O) groups is 3. The third-order valence-electron chi connectivity index (χ3n) is 2.93. The normalized spacial score (nSPS) is 11.3. The van der Waals surface area contributed by atoms with E-state index in [2.05, 4.69) is 10.6 Å². The van der Waals surface area contributed by atoms with Crippen LogP contribution in [0.4, 0.5) is 0 Å². The summed E-state index contributed by atoms with van der Waals surface area (Å²) in [6, 6.07) is 6.56. The van der Waals surface area contributed by atoms with Crippen LogP contribution in [-0.2, 0) is 19.1 Å². The molecule has 0 fully saturated rings. The number of nitrogens with one attached hydrogen (secondary N) is 2. The van der Waals surface area contributed by atoms with Crippen LogP contribution in [0.3, 0.4) is 0 Å². The average molecular weight is 322 g/mol. The summed E-state index contributed by atoms with van der Waals surface area (Å²) in [5.41, 5.74) is 0.897. The number of carbonyl (C=O) groups excluding carboxylic acids is 3. The molecule has 0 bridgehead atoms. The maximum atomic E-state index is 11.6. The van der Waals surface area contributed by atoms with Gasteiger partial charge in [0.2, 0.25) is 5.91 Å². The Morgan fingerprint density at radius 1 is 1.17 bits per heavy atom. The predicted octanol–water partition coefficient (Wildman–Crippen LogP) is 0.558. The van der Waals surface area contributed by atoms with Crippen LogP contribution in [0.1, 0.15) is 19.4 Å². The Morgan fingerprint density at radius 3 is 2.52 bits per heavy atom. The number of benzene rings is 1. The molecule has 0 saturated heterocycles. The van der Waals surface area contributed by atoms with Crippen molar-refractivity contribution < 1.29 is 23.9 Å².